The van der Waals surface area contributed by atoms with Crippen molar-refractivity contribution in [2.24, 2.45) is 0 Å². The van der Waals surface area contributed by atoms with Crippen molar-refractivity contribution in [3.8, 4) is 0 Å². The molecular weight excluding hydrogens is 396 g/mol. The maximum absolute atomic E-state index is 11.7. The molecule has 0 aliphatic rings. The van der Waals surface area contributed by atoms with Gasteiger partial charge in [0.15, 0.2) is 6.61 Å². The van der Waals surface area contributed by atoms with E-state index in [1.807, 2.05) is 26.0 Å². The SMILES string of the molecule is CCNC(=O)CNC(=O)COC(=O)CSc1cc(C)c(Br)cc1C. The van der Waals surface area contributed by atoms with Crippen LogP contribution in [-0.4, -0.2) is 43.2 Å². The number of hydrogen-bond donors (Lipinski definition) is 2. The summed E-state index contributed by atoms with van der Waals surface area (Å²) in [4.78, 5) is 35.4. The van der Waals surface area contributed by atoms with Gasteiger partial charge >= 0.3 is 5.97 Å². The van der Waals surface area contributed by atoms with Crippen LogP contribution in [0.3, 0.4) is 0 Å². The van der Waals surface area contributed by atoms with Crippen molar-refractivity contribution in [1.29, 1.82) is 0 Å². The van der Waals surface area contributed by atoms with Crippen LogP contribution in [0.5, 0.6) is 0 Å². The summed E-state index contributed by atoms with van der Waals surface area (Å²) in [6.07, 6.45) is 0. The van der Waals surface area contributed by atoms with Gasteiger partial charge in [0.1, 0.15) is 0 Å². The molecular formula is C16H21BrN2O4S. The lowest BCUT2D eigenvalue weighted by Crippen LogP contribution is -2.38. The van der Waals surface area contributed by atoms with Gasteiger partial charge in [-0.15, -0.1) is 11.8 Å². The van der Waals surface area contributed by atoms with Crippen molar-refractivity contribution in [2.75, 3.05) is 25.4 Å². The van der Waals surface area contributed by atoms with Crippen LogP contribution in [-0.2, 0) is 19.1 Å². The number of ether oxygens (including phenoxy) is 1. The van der Waals surface area contributed by atoms with Crippen molar-refractivity contribution in [3.63, 3.8) is 0 Å². The summed E-state index contributed by atoms with van der Waals surface area (Å²) in [5.41, 5.74) is 2.14. The molecule has 0 aliphatic carbocycles. The molecule has 0 saturated carbocycles. The third kappa shape index (κ3) is 7.35. The molecule has 24 heavy (non-hydrogen) atoms. The molecule has 1 rings (SSSR count). The minimum Gasteiger partial charge on any atom is -0.455 e. The Morgan fingerprint density at radius 2 is 1.83 bits per heavy atom. The Balaban J connectivity index is 2.33. The molecule has 2 amide bonds. The number of halogens is 1. The van der Waals surface area contributed by atoms with E-state index in [4.69, 9.17) is 4.74 Å². The number of carbonyl (C=O) groups excluding carboxylic acids is 3. The van der Waals surface area contributed by atoms with Crippen molar-refractivity contribution in [2.45, 2.75) is 25.7 Å². The summed E-state index contributed by atoms with van der Waals surface area (Å²) >= 11 is 4.83. The normalized spacial score (nSPS) is 10.2. The lowest BCUT2D eigenvalue weighted by Gasteiger charge is -2.09. The Morgan fingerprint density at radius 1 is 1.12 bits per heavy atom. The average Bonchev–Trinajstić information content (AvgIpc) is 2.53. The second kappa shape index (κ2) is 10.4. The summed E-state index contributed by atoms with van der Waals surface area (Å²) in [5, 5.41) is 4.93. The quantitative estimate of drug-likeness (QED) is 0.499. The molecule has 0 heterocycles. The van der Waals surface area contributed by atoms with Crippen molar-refractivity contribution in [1.82, 2.24) is 10.6 Å². The molecule has 0 radical (unpaired) electrons. The zero-order chi connectivity index (χ0) is 18.1. The van der Waals surface area contributed by atoms with Crippen molar-refractivity contribution >= 4 is 45.5 Å². The van der Waals surface area contributed by atoms with Crippen LogP contribution >= 0.6 is 27.7 Å². The van der Waals surface area contributed by atoms with E-state index in [9.17, 15) is 14.4 Å². The fourth-order valence-electron chi connectivity index (χ4n) is 1.72. The van der Waals surface area contributed by atoms with E-state index < -0.39 is 18.5 Å². The molecule has 2 N–H and O–H groups in total. The third-order valence-corrected chi connectivity index (χ3v) is 4.97. The van der Waals surface area contributed by atoms with E-state index in [0.717, 1.165) is 20.5 Å². The minimum absolute atomic E-state index is 0.117. The van der Waals surface area contributed by atoms with E-state index in [-0.39, 0.29) is 18.2 Å². The lowest BCUT2D eigenvalue weighted by molar-refractivity contribution is -0.146. The van der Waals surface area contributed by atoms with Gasteiger partial charge in [0.05, 0.1) is 12.3 Å². The molecule has 132 valence electrons. The van der Waals surface area contributed by atoms with Crippen LogP contribution in [0.1, 0.15) is 18.1 Å². The summed E-state index contributed by atoms with van der Waals surface area (Å²) in [5.74, 6) is -1.15. The number of nitrogens with one attached hydrogen (secondary N) is 2. The van der Waals surface area contributed by atoms with Gasteiger partial charge in [-0.3, -0.25) is 14.4 Å². The molecule has 0 saturated heterocycles. The van der Waals surface area contributed by atoms with Gasteiger partial charge in [0, 0.05) is 15.9 Å². The number of rotatable bonds is 8. The molecule has 0 atom stereocenters. The number of likely N-dealkylation sites (N-methyl/N-ethyl adjacent to an activating group) is 1. The predicted octanol–water partition coefficient (Wildman–Crippen LogP) is 1.95. The van der Waals surface area contributed by atoms with Crippen molar-refractivity contribution in [3.05, 3.63) is 27.7 Å². The van der Waals surface area contributed by atoms with Crippen LogP contribution in [0.4, 0.5) is 0 Å². The summed E-state index contributed by atoms with van der Waals surface area (Å²) in [6, 6.07) is 3.99. The lowest BCUT2D eigenvalue weighted by atomic mass is 10.2. The van der Waals surface area contributed by atoms with Gasteiger partial charge in [0.2, 0.25) is 5.91 Å². The first-order valence-electron chi connectivity index (χ1n) is 7.42. The molecule has 6 nitrogen and oxygen atoms in total. The van der Waals surface area contributed by atoms with Gasteiger partial charge in [0.25, 0.3) is 5.91 Å². The van der Waals surface area contributed by atoms with E-state index in [0.29, 0.717) is 6.54 Å². The highest BCUT2D eigenvalue weighted by molar-refractivity contribution is 9.10. The van der Waals surface area contributed by atoms with Crippen LogP contribution in [0.15, 0.2) is 21.5 Å². The molecule has 1 aromatic carbocycles. The van der Waals surface area contributed by atoms with Crippen molar-refractivity contribution < 1.29 is 19.1 Å². The maximum atomic E-state index is 11.7. The molecule has 1 aromatic rings. The molecule has 8 heteroatoms. The molecule has 0 bridgehead atoms. The van der Waals surface area contributed by atoms with Gasteiger partial charge in [-0.25, -0.2) is 0 Å². The molecule has 0 spiro atoms. The Bertz CT molecular complexity index is 622. The Hall–Kier alpha value is -1.54. The first-order chi connectivity index (χ1) is 11.3. The number of benzene rings is 1. The average molecular weight is 417 g/mol. The minimum atomic E-state index is -0.504. The van der Waals surface area contributed by atoms with Gasteiger partial charge < -0.3 is 15.4 Å². The highest BCUT2D eigenvalue weighted by atomic mass is 79.9. The number of amides is 2. The topological polar surface area (TPSA) is 84.5 Å². The summed E-state index contributed by atoms with van der Waals surface area (Å²) in [7, 11) is 0. The standard InChI is InChI=1S/C16H21BrN2O4S/c1-4-18-14(20)7-19-15(21)8-23-16(22)9-24-13-6-10(2)12(17)5-11(13)3/h5-6H,4,7-9H2,1-3H3,(H,18,20)(H,19,21). The summed E-state index contributed by atoms with van der Waals surface area (Å²) < 4.78 is 5.92. The van der Waals surface area contributed by atoms with E-state index in [2.05, 4.69) is 26.6 Å². The smallest absolute Gasteiger partial charge is 0.316 e. The molecule has 0 fully saturated rings. The van der Waals surface area contributed by atoms with Gasteiger partial charge in [-0.05, 0) is 44.0 Å². The predicted molar refractivity (Wildman–Crippen MR) is 97.0 cm³/mol. The van der Waals surface area contributed by atoms with Crippen LogP contribution in [0, 0.1) is 13.8 Å². The number of esters is 1. The zero-order valence-electron chi connectivity index (χ0n) is 13.9. The first-order valence-corrected chi connectivity index (χ1v) is 9.20. The maximum Gasteiger partial charge on any atom is 0.316 e. The zero-order valence-corrected chi connectivity index (χ0v) is 16.3. The second-order valence-electron chi connectivity index (χ2n) is 5.05. The fourth-order valence-corrected chi connectivity index (χ4v) is 3.09. The van der Waals surface area contributed by atoms with E-state index >= 15 is 0 Å². The number of thioether (sulfide) groups is 1. The van der Waals surface area contributed by atoms with Crippen LogP contribution in [0.25, 0.3) is 0 Å². The Morgan fingerprint density at radius 3 is 2.50 bits per heavy atom. The highest BCUT2D eigenvalue weighted by Gasteiger charge is 2.11. The number of carbonyl (C=O) groups is 3. The van der Waals surface area contributed by atoms with Crippen LogP contribution < -0.4 is 10.6 Å². The highest BCUT2D eigenvalue weighted by Crippen LogP contribution is 2.28. The number of hydrogen-bond acceptors (Lipinski definition) is 5. The fraction of sp³-hybridized carbons (Fsp3) is 0.438. The number of aryl methyl sites for hydroxylation is 2. The second-order valence-corrected chi connectivity index (χ2v) is 6.92. The van der Waals surface area contributed by atoms with E-state index in [1.54, 1.807) is 6.92 Å². The molecule has 0 aliphatic heterocycles. The third-order valence-electron chi connectivity index (χ3n) is 2.99. The van der Waals surface area contributed by atoms with Gasteiger partial charge in [-0.2, -0.15) is 0 Å². The van der Waals surface area contributed by atoms with Gasteiger partial charge in [-0.1, -0.05) is 15.9 Å². The monoisotopic (exact) mass is 416 g/mol. The molecule has 0 aromatic heterocycles. The summed E-state index contributed by atoms with van der Waals surface area (Å²) in [6.45, 7) is 5.70. The Labute approximate surface area is 154 Å². The first kappa shape index (κ1) is 20.5. The molecule has 0 unspecified atom stereocenters. The Kier molecular flexibility index (Phi) is 8.84. The van der Waals surface area contributed by atoms with E-state index in [1.165, 1.54) is 11.8 Å². The largest absolute Gasteiger partial charge is 0.455 e. The van der Waals surface area contributed by atoms with Crippen LogP contribution in [0.2, 0.25) is 0 Å².